The Balaban J connectivity index is 2.87. The Kier molecular flexibility index (Phi) is 4.82. The van der Waals surface area contributed by atoms with Gasteiger partial charge in [-0.2, -0.15) is 0 Å². The molecule has 1 rings (SSSR count). The van der Waals surface area contributed by atoms with Gasteiger partial charge in [0.05, 0.1) is 5.56 Å². The molecule has 0 aromatic heterocycles. The van der Waals surface area contributed by atoms with E-state index in [9.17, 15) is 14.4 Å². The van der Waals surface area contributed by atoms with E-state index >= 15 is 0 Å². The van der Waals surface area contributed by atoms with Crippen LogP contribution < -0.4 is 5.73 Å². The molecule has 0 aliphatic heterocycles. The van der Waals surface area contributed by atoms with Gasteiger partial charge in [-0.1, -0.05) is 12.1 Å². The first-order chi connectivity index (χ1) is 9.24. The third-order valence-electron chi connectivity index (χ3n) is 2.93. The van der Waals surface area contributed by atoms with E-state index in [4.69, 9.17) is 21.1 Å². The van der Waals surface area contributed by atoms with E-state index in [0.29, 0.717) is 5.56 Å². The van der Waals surface area contributed by atoms with Crippen LogP contribution in [0.1, 0.15) is 28.8 Å². The number of carbonyl (C=O) groups is 3. The van der Waals surface area contributed by atoms with Crippen LogP contribution >= 0.6 is 0 Å². The molecule has 0 spiro atoms. The van der Waals surface area contributed by atoms with E-state index in [1.165, 1.54) is 24.3 Å². The van der Waals surface area contributed by atoms with Crippen LogP contribution in [0.2, 0.25) is 0 Å². The lowest BCUT2D eigenvalue weighted by atomic mass is 9.87. The second kappa shape index (κ2) is 6.16. The second-order valence-corrected chi connectivity index (χ2v) is 4.53. The van der Waals surface area contributed by atoms with Gasteiger partial charge in [-0.05, 0) is 24.1 Å². The van der Waals surface area contributed by atoms with Crippen molar-refractivity contribution >= 4 is 17.9 Å². The molecule has 7 heteroatoms. The van der Waals surface area contributed by atoms with E-state index in [-0.39, 0.29) is 24.8 Å². The van der Waals surface area contributed by atoms with Crippen molar-refractivity contribution in [3.05, 3.63) is 35.4 Å². The maximum atomic E-state index is 11.2. The third-order valence-corrected chi connectivity index (χ3v) is 2.93. The highest BCUT2D eigenvalue weighted by atomic mass is 16.4. The van der Waals surface area contributed by atoms with Gasteiger partial charge in [-0.3, -0.25) is 9.59 Å². The van der Waals surface area contributed by atoms with Gasteiger partial charge in [0.1, 0.15) is 5.54 Å². The first-order valence-corrected chi connectivity index (χ1v) is 5.81. The molecule has 7 nitrogen and oxygen atoms in total. The lowest BCUT2D eigenvalue weighted by molar-refractivity contribution is -0.144. The summed E-state index contributed by atoms with van der Waals surface area (Å²) in [5.41, 5.74) is 4.66. The first-order valence-electron chi connectivity index (χ1n) is 5.81. The molecular formula is C13H15NO6. The Morgan fingerprint density at radius 2 is 1.60 bits per heavy atom. The normalized spacial score (nSPS) is 13.4. The molecule has 108 valence electrons. The van der Waals surface area contributed by atoms with Crippen LogP contribution in [0.15, 0.2) is 24.3 Å². The third kappa shape index (κ3) is 4.06. The smallest absolute Gasteiger partial charge is 0.335 e. The molecule has 20 heavy (non-hydrogen) atoms. The Hall–Kier alpha value is -2.41. The molecule has 0 fully saturated rings. The molecule has 0 heterocycles. The van der Waals surface area contributed by atoms with Gasteiger partial charge in [-0.25, -0.2) is 4.79 Å². The Morgan fingerprint density at radius 1 is 1.05 bits per heavy atom. The largest absolute Gasteiger partial charge is 0.481 e. The van der Waals surface area contributed by atoms with Gasteiger partial charge >= 0.3 is 17.9 Å². The van der Waals surface area contributed by atoms with Crippen LogP contribution in [0.3, 0.4) is 0 Å². The fraction of sp³-hybridized carbons (Fsp3) is 0.308. The minimum Gasteiger partial charge on any atom is -0.481 e. The van der Waals surface area contributed by atoms with Gasteiger partial charge in [0.2, 0.25) is 0 Å². The number of nitrogens with two attached hydrogens (primary N) is 1. The molecule has 0 radical (unpaired) electrons. The van der Waals surface area contributed by atoms with Crippen molar-refractivity contribution in [2.75, 3.05) is 0 Å². The van der Waals surface area contributed by atoms with Crippen LogP contribution in [0, 0.1) is 0 Å². The molecule has 5 N–H and O–H groups in total. The molecular weight excluding hydrogens is 266 g/mol. The Morgan fingerprint density at radius 3 is 2.00 bits per heavy atom. The summed E-state index contributed by atoms with van der Waals surface area (Å²) < 4.78 is 0. The molecule has 0 bridgehead atoms. The van der Waals surface area contributed by atoms with Gasteiger partial charge in [0, 0.05) is 12.8 Å². The van der Waals surface area contributed by atoms with Crippen LogP contribution in [-0.4, -0.2) is 38.8 Å². The molecule has 1 atom stereocenters. The minimum absolute atomic E-state index is 0.0739. The Labute approximate surface area is 114 Å². The van der Waals surface area contributed by atoms with Crippen LogP contribution in [0.5, 0.6) is 0 Å². The van der Waals surface area contributed by atoms with Crippen molar-refractivity contribution in [1.29, 1.82) is 0 Å². The van der Waals surface area contributed by atoms with Crippen LogP contribution in [0.25, 0.3) is 0 Å². The Bertz CT molecular complexity index is 524. The van der Waals surface area contributed by atoms with Crippen LogP contribution in [-0.2, 0) is 16.0 Å². The van der Waals surface area contributed by atoms with Crippen LogP contribution in [0.4, 0.5) is 0 Å². The number of rotatable bonds is 7. The first kappa shape index (κ1) is 15.6. The number of benzene rings is 1. The average Bonchev–Trinajstić information content (AvgIpc) is 2.37. The zero-order valence-electron chi connectivity index (χ0n) is 10.6. The second-order valence-electron chi connectivity index (χ2n) is 4.53. The van der Waals surface area contributed by atoms with E-state index in [1.54, 1.807) is 0 Å². The lowest BCUT2D eigenvalue weighted by Crippen LogP contribution is -2.50. The lowest BCUT2D eigenvalue weighted by Gasteiger charge is -2.24. The number of hydrogen-bond donors (Lipinski definition) is 4. The highest BCUT2D eigenvalue weighted by Gasteiger charge is 2.34. The summed E-state index contributed by atoms with van der Waals surface area (Å²) in [5, 5.41) is 26.5. The van der Waals surface area contributed by atoms with Gasteiger partial charge in [0.25, 0.3) is 0 Å². The molecule has 1 aromatic carbocycles. The highest BCUT2D eigenvalue weighted by molar-refractivity contribution is 5.87. The summed E-state index contributed by atoms with van der Waals surface area (Å²) in [4.78, 5) is 32.4. The molecule has 1 aromatic rings. The number of aromatic carboxylic acids is 1. The predicted octanol–water partition coefficient (Wildman–Crippen LogP) is 0.574. The minimum atomic E-state index is -1.69. The SMILES string of the molecule is NC(CCC(=O)O)(Cc1ccc(C(=O)O)cc1)C(=O)O. The molecule has 0 amide bonds. The summed E-state index contributed by atoms with van der Waals surface area (Å²) in [6.07, 6.45) is -0.635. The van der Waals surface area contributed by atoms with Gasteiger partial charge in [0.15, 0.2) is 0 Å². The quantitative estimate of drug-likeness (QED) is 0.573. The van der Waals surface area contributed by atoms with Crippen molar-refractivity contribution in [2.24, 2.45) is 5.73 Å². The monoisotopic (exact) mass is 281 g/mol. The standard InChI is InChI=1S/C13H15NO6/c14-13(12(19)20,6-5-10(15)16)7-8-1-3-9(4-2-8)11(17)18/h1-4H,5-7,14H2,(H,15,16)(H,17,18)(H,19,20). The number of aliphatic carboxylic acids is 2. The van der Waals surface area contributed by atoms with Gasteiger partial charge < -0.3 is 21.1 Å². The van der Waals surface area contributed by atoms with Crippen molar-refractivity contribution in [2.45, 2.75) is 24.8 Å². The topological polar surface area (TPSA) is 138 Å². The summed E-state index contributed by atoms with van der Waals surface area (Å²) in [5.74, 6) is -3.50. The summed E-state index contributed by atoms with van der Waals surface area (Å²) in [6.45, 7) is 0. The highest BCUT2D eigenvalue weighted by Crippen LogP contribution is 2.18. The number of carboxylic acids is 3. The predicted molar refractivity (Wildman–Crippen MR) is 68.5 cm³/mol. The summed E-state index contributed by atoms with van der Waals surface area (Å²) >= 11 is 0. The van der Waals surface area contributed by atoms with E-state index in [0.717, 1.165) is 0 Å². The molecule has 0 saturated carbocycles. The molecule has 0 saturated heterocycles. The molecule has 1 unspecified atom stereocenters. The fourth-order valence-corrected chi connectivity index (χ4v) is 1.73. The average molecular weight is 281 g/mol. The summed E-state index contributed by atoms with van der Waals surface area (Å²) in [7, 11) is 0. The van der Waals surface area contributed by atoms with E-state index in [1.807, 2.05) is 0 Å². The fourth-order valence-electron chi connectivity index (χ4n) is 1.73. The maximum Gasteiger partial charge on any atom is 0.335 e. The van der Waals surface area contributed by atoms with Crippen molar-refractivity contribution in [3.63, 3.8) is 0 Å². The van der Waals surface area contributed by atoms with Crippen molar-refractivity contribution < 1.29 is 29.7 Å². The van der Waals surface area contributed by atoms with Gasteiger partial charge in [-0.15, -0.1) is 0 Å². The molecule has 0 aliphatic carbocycles. The van der Waals surface area contributed by atoms with Crippen molar-refractivity contribution in [1.82, 2.24) is 0 Å². The molecule has 0 aliphatic rings. The zero-order chi connectivity index (χ0) is 15.3. The number of hydrogen-bond acceptors (Lipinski definition) is 4. The maximum absolute atomic E-state index is 11.2. The van der Waals surface area contributed by atoms with E-state index < -0.39 is 23.4 Å². The zero-order valence-corrected chi connectivity index (χ0v) is 10.6. The number of carboxylic acid groups (broad SMARTS) is 3. The van der Waals surface area contributed by atoms with E-state index in [2.05, 4.69) is 0 Å². The summed E-state index contributed by atoms with van der Waals surface area (Å²) in [6, 6.07) is 5.62. The van der Waals surface area contributed by atoms with Crippen molar-refractivity contribution in [3.8, 4) is 0 Å².